The molecular weight excluding hydrogens is 268 g/mol. The molecule has 3 atom stereocenters. The number of fused-ring (bicyclic) bond motifs is 2. The van der Waals surface area contributed by atoms with Crippen molar-refractivity contribution < 1.29 is 4.79 Å². The summed E-state index contributed by atoms with van der Waals surface area (Å²) in [4.78, 5) is 12.1. The molecule has 2 fully saturated rings. The second-order valence-electron chi connectivity index (χ2n) is 5.05. The fourth-order valence-electron chi connectivity index (χ4n) is 3.09. The van der Waals surface area contributed by atoms with Gasteiger partial charge in [0.25, 0.3) is 0 Å². The maximum atomic E-state index is 12.1. The number of hydrogen-bond acceptors (Lipinski definition) is 4. The Kier molecular flexibility index (Phi) is 6.11. The first-order valence-electron chi connectivity index (χ1n) is 6.54. The van der Waals surface area contributed by atoms with Crippen LogP contribution >= 0.6 is 35.3 Å². The molecule has 98 valence electrons. The molecule has 2 aliphatic carbocycles. The zero-order valence-electron chi connectivity index (χ0n) is 10.5. The van der Waals surface area contributed by atoms with Crippen LogP contribution in [-0.4, -0.2) is 34.4 Å². The minimum atomic E-state index is 0.426. The summed E-state index contributed by atoms with van der Waals surface area (Å²) in [5.41, 5.74) is 0. The van der Waals surface area contributed by atoms with Gasteiger partial charge in [-0.05, 0) is 37.4 Å². The predicted octanol–water partition coefficient (Wildman–Crippen LogP) is 3.78. The Hall–Kier alpha value is 0.720. The fourth-order valence-corrected chi connectivity index (χ4v) is 5.94. The largest absolute Gasteiger partial charge is 0.287 e. The third-order valence-electron chi connectivity index (χ3n) is 3.94. The van der Waals surface area contributed by atoms with Gasteiger partial charge in [0.15, 0.2) is 5.12 Å². The number of thioether (sulfide) groups is 3. The first-order valence-corrected chi connectivity index (χ1v) is 10.1. The summed E-state index contributed by atoms with van der Waals surface area (Å²) >= 11 is 5.49. The maximum absolute atomic E-state index is 12.1. The number of carbonyl (C=O) groups is 1. The lowest BCUT2D eigenvalue weighted by Crippen LogP contribution is -2.18. The maximum Gasteiger partial charge on any atom is 0.192 e. The lowest BCUT2D eigenvalue weighted by molar-refractivity contribution is -0.115. The molecule has 0 N–H and O–H groups in total. The predicted molar refractivity (Wildman–Crippen MR) is 82.1 cm³/mol. The van der Waals surface area contributed by atoms with Gasteiger partial charge in [-0.3, -0.25) is 4.79 Å². The molecule has 17 heavy (non-hydrogen) atoms. The Labute approximate surface area is 118 Å². The number of carbonyl (C=O) groups excluding carboxylic acids is 1. The summed E-state index contributed by atoms with van der Waals surface area (Å²) in [5, 5.41) is 0.502. The van der Waals surface area contributed by atoms with Crippen molar-refractivity contribution >= 4 is 40.4 Å². The zero-order valence-corrected chi connectivity index (χ0v) is 13.0. The highest BCUT2D eigenvalue weighted by molar-refractivity contribution is 8.14. The zero-order chi connectivity index (χ0) is 12.1. The highest BCUT2D eigenvalue weighted by Gasteiger charge is 2.42. The van der Waals surface area contributed by atoms with Crippen molar-refractivity contribution in [3.8, 4) is 0 Å². The van der Waals surface area contributed by atoms with E-state index in [9.17, 15) is 4.79 Å². The molecule has 3 unspecified atom stereocenters. The van der Waals surface area contributed by atoms with Gasteiger partial charge >= 0.3 is 0 Å². The fraction of sp³-hybridized carbons (Fsp3) is 0.923. The van der Waals surface area contributed by atoms with Gasteiger partial charge in [0.05, 0.1) is 0 Å². The van der Waals surface area contributed by atoms with Crippen LogP contribution in [0.5, 0.6) is 0 Å². The normalized spacial score (nSPS) is 31.0. The van der Waals surface area contributed by atoms with E-state index in [0.29, 0.717) is 11.0 Å². The smallest absolute Gasteiger partial charge is 0.192 e. The number of rotatable bonds is 7. The van der Waals surface area contributed by atoms with Crippen LogP contribution in [0, 0.1) is 17.8 Å². The molecule has 0 aromatic rings. The van der Waals surface area contributed by atoms with Crippen LogP contribution in [0.4, 0.5) is 0 Å². The third kappa shape index (κ3) is 4.10. The van der Waals surface area contributed by atoms with Crippen LogP contribution in [0.2, 0.25) is 0 Å². The van der Waals surface area contributed by atoms with Crippen molar-refractivity contribution in [2.24, 2.45) is 17.8 Å². The lowest BCUT2D eigenvalue weighted by atomic mass is 9.90. The molecule has 0 saturated heterocycles. The van der Waals surface area contributed by atoms with Crippen molar-refractivity contribution in [2.45, 2.75) is 25.7 Å². The van der Waals surface area contributed by atoms with E-state index in [1.54, 1.807) is 11.8 Å². The van der Waals surface area contributed by atoms with E-state index in [2.05, 4.69) is 6.26 Å². The molecule has 4 heteroatoms. The highest BCUT2D eigenvalue weighted by atomic mass is 32.2. The van der Waals surface area contributed by atoms with Gasteiger partial charge in [-0.15, -0.1) is 0 Å². The van der Waals surface area contributed by atoms with Crippen molar-refractivity contribution in [3.63, 3.8) is 0 Å². The van der Waals surface area contributed by atoms with E-state index in [1.807, 2.05) is 23.5 Å². The molecule has 0 radical (unpaired) electrons. The van der Waals surface area contributed by atoms with E-state index in [4.69, 9.17) is 0 Å². The Balaban J connectivity index is 1.55. The van der Waals surface area contributed by atoms with Crippen molar-refractivity contribution in [2.75, 3.05) is 29.3 Å². The summed E-state index contributed by atoms with van der Waals surface area (Å²) in [6.07, 6.45) is 7.41. The molecule has 0 aliphatic heterocycles. The highest BCUT2D eigenvalue weighted by Crippen LogP contribution is 2.49. The van der Waals surface area contributed by atoms with Gasteiger partial charge < -0.3 is 0 Å². The van der Waals surface area contributed by atoms with Gasteiger partial charge in [-0.1, -0.05) is 18.2 Å². The van der Waals surface area contributed by atoms with E-state index in [0.717, 1.165) is 23.3 Å². The van der Waals surface area contributed by atoms with Gasteiger partial charge in [0, 0.05) is 28.9 Å². The molecule has 2 saturated carbocycles. The standard InChI is InChI=1S/C13H22OS3/c1-15-4-5-16-6-7-17-13(14)12-9-10-2-3-11(12)8-10/h10-12H,2-9H2,1H3. The van der Waals surface area contributed by atoms with E-state index >= 15 is 0 Å². The number of hydrogen-bond donors (Lipinski definition) is 0. The van der Waals surface area contributed by atoms with Crippen LogP contribution in [0.1, 0.15) is 25.7 Å². The van der Waals surface area contributed by atoms with E-state index < -0.39 is 0 Å². The topological polar surface area (TPSA) is 17.1 Å². The molecule has 2 bridgehead atoms. The minimum Gasteiger partial charge on any atom is -0.287 e. The molecule has 1 nitrogen and oxygen atoms in total. The van der Waals surface area contributed by atoms with Crippen LogP contribution in [0.3, 0.4) is 0 Å². The van der Waals surface area contributed by atoms with Crippen LogP contribution in [0.25, 0.3) is 0 Å². The molecule has 0 aromatic carbocycles. The Bertz CT molecular complexity index is 257. The first kappa shape index (κ1) is 14.1. The monoisotopic (exact) mass is 290 g/mol. The quantitative estimate of drug-likeness (QED) is 0.663. The van der Waals surface area contributed by atoms with E-state index in [1.165, 1.54) is 37.2 Å². The molecule has 2 aliphatic rings. The van der Waals surface area contributed by atoms with Gasteiger partial charge in [0.1, 0.15) is 0 Å². The summed E-state index contributed by atoms with van der Waals surface area (Å²) in [6.45, 7) is 0. The van der Waals surface area contributed by atoms with Crippen molar-refractivity contribution in [3.05, 3.63) is 0 Å². The first-order chi connectivity index (χ1) is 8.31. The lowest BCUT2D eigenvalue weighted by Gasteiger charge is -2.19. The summed E-state index contributed by atoms with van der Waals surface area (Å²) in [5.74, 6) is 6.69. The SMILES string of the molecule is CSCCSCCSC(=O)C1CC2CCC1C2. The molecule has 2 rings (SSSR count). The van der Waals surface area contributed by atoms with Crippen LogP contribution < -0.4 is 0 Å². The Morgan fingerprint density at radius 2 is 1.94 bits per heavy atom. The molecule has 0 heterocycles. The summed E-state index contributed by atoms with van der Waals surface area (Å²) in [6, 6.07) is 0. The second kappa shape index (κ2) is 7.34. The molecule has 0 spiro atoms. The Morgan fingerprint density at radius 3 is 2.59 bits per heavy atom. The minimum absolute atomic E-state index is 0.426. The van der Waals surface area contributed by atoms with Gasteiger partial charge in [-0.25, -0.2) is 0 Å². The molecular formula is C13H22OS3. The molecule has 0 aromatic heterocycles. The van der Waals surface area contributed by atoms with Gasteiger partial charge in [-0.2, -0.15) is 23.5 Å². The van der Waals surface area contributed by atoms with Crippen LogP contribution in [-0.2, 0) is 4.79 Å². The molecule has 0 amide bonds. The third-order valence-corrected chi connectivity index (χ3v) is 7.05. The van der Waals surface area contributed by atoms with E-state index in [-0.39, 0.29) is 0 Å². The average molecular weight is 291 g/mol. The average Bonchev–Trinajstić information content (AvgIpc) is 2.95. The second-order valence-corrected chi connectivity index (χ2v) is 8.36. The van der Waals surface area contributed by atoms with Crippen LogP contribution in [0.15, 0.2) is 0 Å². The Morgan fingerprint density at radius 1 is 1.12 bits per heavy atom. The summed E-state index contributed by atoms with van der Waals surface area (Å²) < 4.78 is 0. The van der Waals surface area contributed by atoms with Crippen molar-refractivity contribution in [1.82, 2.24) is 0 Å². The van der Waals surface area contributed by atoms with Crippen molar-refractivity contribution in [1.29, 1.82) is 0 Å². The summed E-state index contributed by atoms with van der Waals surface area (Å²) in [7, 11) is 0. The van der Waals surface area contributed by atoms with Gasteiger partial charge in [0.2, 0.25) is 0 Å².